The average Bonchev–Trinajstić information content (AvgIpc) is 2.64. The molecule has 0 aliphatic carbocycles. The van der Waals surface area contributed by atoms with E-state index in [0.29, 0.717) is 19.8 Å². The van der Waals surface area contributed by atoms with Gasteiger partial charge in [0.1, 0.15) is 0 Å². The summed E-state index contributed by atoms with van der Waals surface area (Å²) in [7, 11) is 1.77. The van der Waals surface area contributed by atoms with Crippen LogP contribution in [0.2, 0.25) is 0 Å². The Labute approximate surface area is 83.1 Å². The molecule has 14 heavy (non-hydrogen) atoms. The Balaban J connectivity index is 2.24. The Kier molecular flexibility index (Phi) is 2.61. The van der Waals surface area contributed by atoms with Crippen LogP contribution in [0.3, 0.4) is 0 Å². The predicted octanol–water partition coefficient (Wildman–Crippen LogP) is 1.12. The number of hydrogen-bond acceptors (Lipinski definition) is 3. The first-order valence-electron chi connectivity index (χ1n) is 4.68. The maximum atomic E-state index is 11.5. The fraction of sp³-hybridized carbons (Fsp3) is 0.364. The summed E-state index contributed by atoms with van der Waals surface area (Å²) in [5.74, 6) is 0.127. The number of likely N-dealkylation sites (N-methyl/N-ethyl adjacent to an activating group) is 1. The second-order valence-electron chi connectivity index (χ2n) is 3.43. The highest BCUT2D eigenvalue weighted by molar-refractivity contribution is 5.97. The maximum Gasteiger partial charge on any atom is 0.176 e. The fourth-order valence-electron chi connectivity index (χ4n) is 1.61. The number of carbonyl (C=O) groups is 1. The van der Waals surface area contributed by atoms with Crippen molar-refractivity contribution >= 4 is 5.78 Å². The summed E-state index contributed by atoms with van der Waals surface area (Å²) in [4.78, 5) is 11.5. The predicted molar refractivity (Wildman–Crippen MR) is 53.2 cm³/mol. The van der Waals surface area contributed by atoms with Crippen LogP contribution in [0.15, 0.2) is 18.2 Å². The summed E-state index contributed by atoms with van der Waals surface area (Å²) in [6.45, 7) is 1.70. The number of carbonyl (C=O) groups excluding carboxylic acids is 1. The second-order valence-corrected chi connectivity index (χ2v) is 3.43. The van der Waals surface area contributed by atoms with Crippen molar-refractivity contribution in [2.45, 2.75) is 13.2 Å². The molecule has 0 unspecified atom stereocenters. The van der Waals surface area contributed by atoms with Gasteiger partial charge in [-0.1, -0.05) is 12.1 Å². The van der Waals surface area contributed by atoms with Crippen LogP contribution < -0.4 is 5.32 Å². The van der Waals surface area contributed by atoms with Crippen LogP contribution in [0.25, 0.3) is 0 Å². The molecule has 1 heterocycles. The molecule has 1 aromatic carbocycles. The molecule has 74 valence electrons. The van der Waals surface area contributed by atoms with Crippen molar-refractivity contribution in [2.24, 2.45) is 0 Å². The van der Waals surface area contributed by atoms with Gasteiger partial charge in [0.15, 0.2) is 5.78 Å². The van der Waals surface area contributed by atoms with Gasteiger partial charge in [0, 0.05) is 5.56 Å². The van der Waals surface area contributed by atoms with Crippen molar-refractivity contribution in [3.63, 3.8) is 0 Å². The molecule has 2 rings (SSSR count). The first-order valence-corrected chi connectivity index (χ1v) is 4.68. The molecule has 0 amide bonds. The van der Waals surface area contributed by atoms with Gasteiger partial charge in [-0.15, -0.1) is 0 Å². The summed E-state index contributed by atoms with van der Waals surface area (Å²) in [6.07, 6.45) is 0. The molecule has 0 spiro atoms. The summed E-state index contributed by atoms with van der Waals surface area (Å²) >= 11 is 0. The molecule has 0 atom stereocenters. The molecule has 0 aromatic heterocycles. The molecule has 0 saturated carbocycles. The standard InChI is InChI=1S/C11H13NO2/c1-12-5-11(13)8-2-3-9-6-14-7-10(9)4-8/h2-4,12H,5-7H2,1H3. The smallest absolute Gasteiger partial charge is 0.176 e. The Morgan fingerprint density at radius 1 is 1.43 bits per heavy atom. The molecule has 3 heteroatoms. The summed E-state index contributed by atoms with van der Waals surface area (Å²) in [5, 5.41) is 2.85. The normalized spacial score (nSPS) is 14.1. The van der Waals surface area contributed by atoms with E-state index in [-0.39, 0.29) is 5.78 Å². The van der Waals surface area contributed by atoms with Crippen LogP contribution >= 0.6 is 0 Å². The van der Waals surface area contributed by atoms with E-state index in [2.05, 4.69) is 5.32 Å². The lowest BCUT2D eigenvalue weighted by Gasteiger charge is -2.02. The van der Waals surface area contributed by atoms with Crippen molar-refractivity contribution in [3.05, 3.63) is 34.9 Å². The number of benzene rings is 1. The van der Waals surface area contributed by atoms with E-state index >= 15 is 0 Å². The summed E-state index contributed by atoms with van der Waals surface area (Å²) in [5.41, 5.74) is 3.11. The molecular formula is C11H13NO2. The van der Waals surface area contributed by atoms with E-state index in [1.165, 1.54) is 5.56 Å². The van der Waals surface area contributed by atoms with E-state index in [1.54, 1.807) is 7.05 Å². The zero-order valence-electron chi connectivity index (χ0n) is 8.17. The molecule has 0 bridgehead atoms. The van der Waals surface area contributed by atoms with Crippen LogP contribution in [-0.2, 0) is 18.0 Å². The first-order chi connectivity index (χ1) is 6.81. The number of fused-ring (bicyclic) bond motifs is 1. The van der Waals surface area contributed by atoms with Gasteiger partial charge in [0.05, 0.1) is 19.8 Å². The van der Waals surface area contributed by atoms with Crippen LogP contribution in [0.4, 0.5) is 0 Å². The maximum absolute atomic E-state index is 11.5. The van der Waals surface area contributed by atoms with Gasteiger partial charge in [-0.3, -0.25) is 4.79 Å². The molecular weight excluding hydrogens is 178 g/mol. The van der Waals surface area contributed by atoms with Crippen LogP contribution in [0.5, 0.6) is 0 Å². The van der Waals surface area contributed by atoms with Crippen molar-refractivity contribution in [1.29, 1.82) is 0 Å². The monoisotopic (exact) mass is 191 g/mol. The number of nitrogens with one attached hydrogen (secondary N) is 1. The number of ether oxygens (including phenoxy) is 1. The van der Waals surface area contributed by atoms with Gasteiger partial charge in [-0.05, 0) is 24.2 Å². The molecule has 1 aromatic rings. The van der Waals surface area contributed by atoms with Crippen LogP contribution in [-0.4, -0.2) is 19.4 Å². The number of ketones is 1. The lowest BCUT2D eigenvalue weighted by atomic mass is 10.0. The van der Waals surface area contributed by atoms with Crippen molar-refractivity contribution in [2.75, 3.05) is 13.6 Å². The highest BCUT2D eigenvalue weighted by Gasteiger charge is 2.13. The van der Waals surface area contributed by atoms with E-state index < -0.39 is 0 Å². The van der Waals surface area contributed by atoms with Crippen molar-refractivity contribution < 1.29 is 9.53 Å². The largest absolute Gasteiger partial charge is 0.372 e. The van der Waals surface area contributed by atoms with Gasteiger partial charge in [-0.2, -0.15) is 0 Å². The number of rotatable bonds is 3. The number of hydrogen-bond donors (Lipinski definition) is 1. The molecule has 0 fully saturated rings. The third kappa shape index (κ3) is 1.69. The van der Waals surface area contributed by atoms with Gasteiger partial charge >= 0.3 is 0 Å². The van der Waals surface area contributed by atoms with E-state index in [4.69, 9.17) is 4.74 Å². The summed E-state index contributed by atoms with van der Waals surface area (Å²) < 4.78 is 5.28. The summed E-state index contributed by atoms with van der Waals surface area (Å²) in [6, 6.07) is 5.78. The molecule has 1 N–H and O–H groups in total. The third-order valence-electron chi connectivity index (χ3n) is 2.38. The molecule has 0 saturated heterocycles. The third-order valence-corrected chi connectivity index (χ3v) is 2.38. The number of Topliss-reactive ketones (excluding diaryl/α,β-unsaturated/α-hetero) is 1. The Morgan fingerprint density at radius 3 is 3.00 bits per heavy atom. The zero-order chi connectivity index (χ0) is 9.97. The Hall–Kier alpha value is -1.19. The first kappa shape index (κ1) is 9.37. The van der Waals surface area contributed by atoms with Crippen molar-refractivity contribution in [3.8, 4) is 0 Å². The minimum atomic E-state index is 0.127. The highest BCUT2D eigenvalue weighted by atomic mass is 16.5. The SMILES string of the molecule is CNCC(=O)c1ccc2c(c1)COC2. The fourth-order valence-corrected chi connectivity index (χ4v) is 1.61. The van der Waals surface area contributed by atoms with Crippen LogP contribution in [0, 0.1) is 0 Å². The molecule has 3 nitrogen and oxygen atoms in total. The highest BCUT2D eigenvalue weighted by Crippen LogP contribution is 2.20. The van der Waals surface area contributed by atoms with Gasteiger partial charge in [-0.25, -0.2) is 0 Å². The minimum Gasteiger partial charge on any atom is -0.372 e. The Bertz CT molecular complexity index is 360. The van der Waals surface area contributed by atoms with Gasteiger partial charge in [0.25, 0.3) is 0 Å². The van der Waals surface area contributed by atoms with Crippen molar-refractivity contribution in [1.82, 2.24) is 5.32 Å². The minimum absolute atomic E-state index is 0.127. The van der Waals surface area contributed by atoms with E-state index in [0.717, 1.165) is 11.1 Å². The van der Waals surface area contributed by atoms with Gasteiger partial charge < -0.3 is 10.1 Å². The lowest BCUT2D eigenvalue weighted by Crippen LogP contribution is -2.18. The average molecular weight is 191 g/mol. The Morgan fingerprint density at radius 2 is 2.21 bits per heavy atom. The second kappa shape index (κ2) is 3.90. The molecule has 0 radical (unpaired) electrons. The van der Waals surface area contributed by atoms with E-state index in [9.17, 15) is 4.79 Å². The van der Waals surface area contributed by atoms with E-state index in [1.807, 2.05) is 18.2 Å². The lowest BCUT2D eigenvalue weighted by molar-refractivity contribution is 0.0993. The zero-order valence-corrected chi connectivity index (χ0v) is 8.17. The van der Waals surface area contributed by atoms with Gasteiger partial charge in [0.2, 0.25) is 0 Å². The topological polar surface area (TPSA) is 38.3 Å². The molecule has 1 aliphatic rings. The van der Waals surface area contributed by atoms with Crippen LogP contribution in [0.1, 0.15) is 21.5 Å². The quantitative estimate of drug-likeness (QED) is 0.727. The molecule has 1 aliphatic heterocycles.